The third-order valence-corrected chi connectivity index (χ3v) is 3.64. The van der Waals surface area contributed by atoms with Crippen LogP contribution in [0.2, 0.25) is 0 Å². The fraction of sp³-hybridized carbons (Fsp3) is 0.571. The van der Waals surface area contributed by atoms with Gasteiger partial charge in [-0.15, -0.1) is 0 Å². The summed E-state index contributed by atoms with van der Waals surface area (Å²) in [7, 11) is 3.73. The van der Waals surface area contributed by atoms with Crippen LogP contribution in [0.25, 0.3) is 0 Å². The lowest BCUT2D eigenvalue weighted by Crippen LogP contribution is -2.49. The summed E-state index contributed by atoms with van der Waals surface area (Å²) in [5.74, 6) is 0.820. The maximum absolute atomic E-state index is 10.1. The quantitative estimate of drug-likeness (QED) is 0.882. The summed E-state index contributed by atoms with van der Waals surface area (Å²) in [5.41, 5.74) is 0.936. The molecule has 4 heteroatoms. The van der Waals surface area contributed by atoms with E-state index in [-0.39, 0.29) is 5.75 Å². The Morgan fingerprint density at radius 3 is 2.83 bits per heavy atom. The average Bonchev–Trinajstić information content (AvgIpc) is 2.35. The molecule has 4 nitrogen and oxygen atoms in total. The minimum Gasteiger partial charge on any atom is -0.504 e. The molecule has 1 atom stereocenters. The molecule has 1 N–H and O–H groups in total. The van der Waals surface area contributed by atoms with Gasteiger partial charge in [-0.05, 0) is 20.0 Å². The molecular formula is C14H22N2O2. The van der Waals surface area contributed by atoms with Crippen LogP contribution in [0.4, 0.5) is 0 Å². The molecule has 1 heterocycles. The van der Waals surface area contributed by atoms with Gasteiger partial charge in [-0.1, -0.05) is 12.1 Å². The molecule has 100 valence electrons. The molecule has 18 heavy (non-hydrogen) atoms. The highest BCUT2D eigenvalue weighted by Gasteiger charge is 2.22. The predicted octanol–water partition coefficient (Wildman–Crippen LogP) is 1.54. The Hall–Kier alpha value is -1.26. The Bertz CT molecular complexity index is 409. The number of piperazine rings is 1. The standard InChI is InChI=1S/C14H22N2O2/c1-11-9-15(2)7-8-16(11)10-12-5-4-6-13(18-3)14(12)17/h4-6,11,17H,7-10H2,1-3H3. The van der Waals surface area contributed by atoms with Crippen LogP contribution in [0.1, 0.15) is 12.5 Å². The van der Waals surface area contributed by atoms with Gasteiger partial charge < -0.3 is 14.7 Å². The number of ether oxygens (including phenoxy) is 1. The molecule has 0 aliphatic carbocycles. The highest BCUT2D eigenvalue weighted by molar-refractivity contribution is 5.45. The monoisotopic (exact) mass is 250 g/mol. The first-order valence-electron chi connectivity index (χ1n) is 6.39. The summed E-state index contributed by atoms with van der Waals surface area (Å²) in [4.78, 5) is 4.74. The molecule has 1 aliphatic heterocycles. The van der Waals surface area contributed by atoms with Crippen molar-refractivity contribution in [2.24, 2.45) is 0 Å². The van der Waals surface area contributed by atoms with Gasteiger partial charge in [0.1, 0.15) is 0 Å². The fourth-order valence-electron chi connectivity index (χ4n) is 2.49. The predicted molar refractivity (Wildman–Crippen MR) is 72.0 cm³/mol. The van der Waals surface area contributed by atoms with Crippen molar-refractivity contribution in [1.29, 1.82) is 0 Å². The van der Waals surface area contributed by atoms with Gasteiger partial charge in [-0.25, -0.2) is 0 Å². The largest absolute Gasteiger partial charge is 0.504 e. The second kappa shape index (κ2) is 5.59. The van der Waals surface area contributed by atoms with Gasteiger partial charge in [-0.3, -0.25) is 4.90 Å². The summed E-state index contributed by atoms with van der Waals surface area (Å²) < 4.78 is 5.14. The van der Waals surface area contributed by atoms with Crippen molar-refractivity contribution in [2.45, 2.75) is 19.5 Å². The Morgan fingerprint density at radius 1 is 1.39 bits per heavy atom. The summed E-state index contributed by atoms with van der Waals surface area (Å²) in [6.07, 6.45) is 0. The van der Waals surface area contributed by atoms with E-state index in [2.05, 4.69) is 23.8 Å². The Balaban J connectivity index is 2.09. The maximum atomic E-state index is 10.1. The third-order valence-electron chi connectivity index (χ3n) is 3.64. The van der Waals surface area contributed by atoms with Crippen LogP contribution in [-0.2, 0) is 6.54 Å². The van der Waals surface area contributed by atoms with Crippen LogP contribution in [-0.4, -0.2) is 54.7 Å². The minimum absolute atomic E-state index is 0.270. The zero-order chi connectivity index (χ0) is 13.1. The molecule has 0 aromatic heterocycles. The van der Waals surface area contributed by atoms with Crippen LogP contribution in [0.3, 0.4) is 0 Å². The van der Waals surface area contributed by atoms with Crippen molar-refractivity contribution in [1.82, 2.24) is 9.80 Å². The average molecular weight is 250 g/mol. The first-order chi connectivity index (χ1) is 8.61. The number of aromatic hydroxyl groups is 1. The lowest BCUT2D eigenvalue weighted by molar-refractivity contribution is 0.0930. The van der Waals surface area contributed by atoms with Gasteiger partial charge in [0.15, 0.2) is 11.5 Å². The van der Waals surface area contributed by atoms with Gasteiger partial charge in [0.2, 0.25) is 0 Å². The van der Waals surface area contributed by atoms with Crippen molar-refractivity contribution in [3.63, 3.8) is 0 Å². The second-order valence-electron chi connectivity index (χ2n) is 5.05. The summed E-state index contributed by atoms with van der Waals surface area (Å²) in [6.45, 7) is 6.19. The van der Waals surface area contributed by atoms with E-state index in [9.17, 15) is 5.11 Å². The molecular weight excluding hydrogens is 228 g/mol. The highest BCUT2D eigenvalue weighted by atomic mass is 16.5. The lowest BCUT2D eigenvalue weighted by Gasteiger charge is -2.38. The molecule has 1 fully saturated rings. The molecule has 0 bridgehead atoms. The number of hydrogen-bond acceptors (Lipinski definition) is 4. The van der Waals surface area contributed by atoms with Gasteiger partial charge in [0.05, 0.1) is 7.11 Å². The number of para-hydroxylation sites is 1. The Labute approximate surface area is 109 Å². The van der Waals surface area contributed by atoms with Crippen molar-refractivity contribution in [3.05, 3.63) is 23.8 Å². The van der Waals surface area contributed by atoms with E-state index in [1.807, 2.05) is 12.1 Å². The molecule has 0 saturated carbocycles. The summed E-state index contributed by atoms with van der Waals surface area (Å²) in [5, 5.41) is 10.1. The van der Waals surface area contributed by atoms with E-state index in [1.165, 1.54) is 0 Å². The molecule has 1 saturated heterocycles. The normalized spacial score (nSPS) is 22.1. The Kier molecular flexibility index (Phi) is 4.09. The number of likely N-dealkylation sites (N-methyl/N-ethyl adjacent to an activating group) is 1. The van der Waals surface area contributed by atoms with Gasteiger partial charge in [0, 0.05) is 37.8 Å². The summed E-state index contributed by atoms with van der Waals surface area (Å²) in [6, 6.07) is 6.18. The zero-order valence-electron chi connectivity index (χ0n) is 11.4. The molecule has 0 spiro atoms. The molecule has 1 aliphatic rings. The van der Waals surface area contributed by atoms with E-state index in [4.69, 9.17) is 4.74 Å². The van der Waals surface area contributed by atoms with Crippen LogP contribution in [0.5, 0.6) is 11.5 Å². The molecule has 1 unspecified atom stereocenters. The molecule has 1 aromatic carbocycles. The highest BCUT2D eigenvalue weighted by Crippen LogP contribution is 2.30. The maximum Gasteiger partial charge on any atom is 0.162 e. The smallest absolute Gasteiger partial charge is 0.162 e. The third kappa shape index (κ3) is 2.76. The number of hydrogen-bond donors (Lipinski definition) is 1. The topological polar surface area (TPSA) is 35.9 Å². The van der Waals surface area contributed by atoms with E-state index in [0.717, 1.165) is 31.7 Å². The molecule has 0 amide bonds. The number of phenols is 1. The van der Waals surface area contributed by atoms with Crippen molar-refractivity contribution in [2.75, 3.05) is 33.8 Å². The number of methoxy groups -OCH3 is 1. The zero-order valence-corrected chi connectivity index (χ0v) is 11.4. The molecule has 2 rings (SSSR count). The van der Waals surface area contributed by atoms with Crippen LogP contribution in [0, 0.1) is 0 Å². The minimum atomic E-state index is 0.270. The van der Waals surface area contributed by atoms with E-state index in [1.54, 1.807) is 13.2 Å². The fourth-order valence-corrected chi connectivity index (χ4v) is 2.49. The first kappa shape index (κ1) is 13.2. The first-order valence-corrected chi connectivity index (χ1v) is 6.39. The molecule has 1 aromatic rings. The SMILES string of the molecule is COc1cccc(CN2CCN(C)CC2C)c1O. The second-order valence-corrected chi connectivity index (χ2v) is 5.05. The summed E-state index contributed by atoms with van der Waals surface area (Å²) >= 11 is 0. The van der Waals surface area contributed by atoms with Crippen molar-refractivity contribution < 1.29 is 9.84 Å². The number of nitrogens with zero attached hydrogens (tertiary/aromatic N) is 2. The molecule has 0 radical (unpaired) electrons. The number of phenolic OH excluding ortho intramolecular Hbond substituents is 1. The van der Waals surface area contributed by atoms with Crippen molar-refractivity contribution in [3.8, 4) is 11.5 Å². The van der Waals surface area contributed by atoms with E-state index in [0.29, 0.717) is 11.8 Å². The van der Waals surface area contributed by atoms with Crippen LogP contribution in [0.15, 0.2) is 18.2 Å². The van der Waals surface area contributed by atoms with Crippen LogP contribution < -0.4 is 4.74 Å². The van der Waals surface area contributed by atoms with E-state index >= 15 is 0 Å². The Morgan fingerprint density at radius 2 is 2.17 bits per heavy atom. The van der Waals surface area contributed by atoms with E-state index < -0.39 is 0 Å². The van der Waals surface area contributed by atoms with Gasteiger partial charge in [-0.2, -0.15) is 0 Å². The van der Waals surface area contributed by atoms with Gasteiger partial charge in [0.25, 0.3) is 0 Å². The number of rotatable bonds is 3. The van der Waals surface area contributed by atoms with Gasteiger partial charge >= 0.3 is 0 Å². The van der Waals surface area contributed by atoms with Crippen molar-refractivity contribution >= 4 is 0 Å². The lowest BCUT2D eigenvalue weighted by atomic mass is 10.1. The number of benzene rings is 1. The van der Waals surface area contributed by atoms with Crippen LogP contribution >= 0.6 is 0 Å².